The molecule has 714 valence electrons. The van der Waals surface area contributed by atoms with Crippen LogP contribution in [0.5, 0.6) is 23.0 Å². The average molecular weight is 2580 g/mol. The number of rotatable bonds is 12. The maximum Gasteiger partial charge on any atom is 0.136 e. The van der Waals surface area contributed by atoms with E-state index in [1.807, 2.05) is 232 Å². The third kappa shape index (κ3) is 19.7. The summed E-state index contributed by atoms with van der Waals surface area (Å²) in [6.45, 7) is 19.0. The first-order chi connectivity index (χ1) is 67.6. The van der Waals surface area contributed by atoms with Gasteiger partial charge in [-0.1, -0.05) is 245 Å². The molecule has 12 aromatic carbocycles. The largest absolute Gasteiger partial charge is 0.507 e. The van der Waals surface area contributed by atoms with Crippen molar-refractivity contribution in [2.45, 2.75) is 73.1 Å². The number of pyridine rings is 8. The van der Waals surface area contributed by atoms with Gasteiger partial charge in [-0.3, -0.25) is 0 Å². The molecule has 0 radical (unpaired) electrons. The SMILES string of the molecule is CC(C)(C)c1cc(-c2cccc(-n3c4[c-]c(-c5ccccn5)ccc4c4ccccc43)n2)c(O)c(C(C)(C)C)c1.Cc1cc(C)c(O)c(-c2cccc(-n3c4[c-]c(-c5ccccn5)ccc4c4ccccc43)n2)c1.Cc1ccnc(-c2[c-]c3c(cc2)c2ccccc2n3-c2cccc(-c3ccccc3O)n2)c1.Oc1ccccc1-c1cccc(-n2c3[c-]c(-c4ccccn4)ccc3c3ccccc32)n1.[Pt].[Pt].[Pt].[Pt]. The molecule has 0 aliphatic rings. The summed E-state index contributed by atoms with van der Waals surface area (Å²) in [6.07, 6.45) is 7.22. The number of hydrogen-bond donors (Lipinski definition) is 4. The van der Waals surface area contributed by atoms with Gasteiger partial charge < -0.3 is 58.6 Å². The van der Waals surface area contributed by atoms with Crippen LogP contribution in [0.4, 0.5) is 0 Å². The molecule has 16 nitrogen and oxygen atoms in total. The van der Waals surface area contributed by atoms with Gasteiger partial charge in [-0.15, -0.1) is 95.1 Å². The minimum atomic E-state index is -0.221. The molecule has 20 heteroatoms. The van der Waals surface area contributed by atoms with Gasteiger partial charge in [-0.2, -0.15) is 0 Å². The molecule has 0 saturated heterocycles. The maximum absolute atomic E-state index is 11.5. The van der Waals surface area contributed by atoms with Crippen molar-refractivity contribution in [2.24, 2.45) is 0 Å². The van der Waals surface area contributed by atoms with E-state index >= 15 is 0 Å². The normalized spacial score (nSPS) is 11.3. The van der Waals surface area contributed by atoms with Crippen LogP contribution in [0.15, 0.2) is 383 Å². The van der Waals surface area contributed by atoms with E-state index in [1.165, 1.54) is 5.56 Å². The fraction of sp³-hybridized carbons (Fsp3) is 0.0894. The van der Waals surface area contributed by atoms with Crippen LogP contribution in [-0.4, -0.2) is 78.6 Å². The molecule has 143 heavy (non-hydrogen) atoms. The molecule has 12 aromatic heterocycles. The fourth-order valence-electron chi connectivity index (χ4n) is 18.5. The number of aryl methyl sites for hydroxylation is 3. The van der Waals surface area contributed by atoms with Gasteiger partial charge in [-0.05, 0) is 248 Å². The number of hydrogen-bond acceptors (Lipinski definition) is 12. The molecule has 0 fully saturated rings. The van der Waals surface area contributed by atoms with Crippen LogP contribution in [-0.2, 0) is 95.1 Å². The van der Waals surface area contributed by atoms with E-state index in [-0.39, 0.29) is 118 Å². The number of nitrogens with zero attached hydrogens (tertiary/aromatic N) is 12. The van der Waals surface area contributed by atoms with E-state index in [2.05, 4.69) is 244 Å². The molecule has 24 aromatic rings. The van der Waals surface area contributed by atoms with Gasteiger partial charge in [0.1, 0.15) is 46.3 Å². The zero-order valence-corrected chi connectivity index (χ0v) is 88.4. The Hall–Kier alpha value is -15.0. The van der Waals surface area contributed by atoms with Crippen molar-refractivity contribution in [1.29, 1.82) is 0 Å². The van der Waals surface area contributed by atoms with E-state index in [1.54, 1.807) is 30.7 Å². The Morgan fingerprint density at radius 2 is 0.545 bits per heavy atom. The average Bonchev–Trinajstić information content (AvgIpc) is 1.61. The second kappa shape index (κ2) is 42.0. The van der Waals surface area contributed by atoms with E-state index in [9.17, 15) is 20.4 Å². The molecular weight excluding hydrogens is 2490 g/mol. The quantitative estimate of drug-likeness (QED) is 0.0844. The number of fused-ring (bicyclic) bond motifs is 12. The van der Waals surface area contributed by atoms with Gasteiger partial charge in [0.05, 0.1) is 22.8 Å². The minimum Gasteiger partial charge on any atom is -0.507 e. The number of para-hydroxylation sites is 6. The minimum absolute atomic E-state index is 0. The third-order valence-electron chi connectivity index (χ3n) is 25.3. The van der Waals surface area contributed by atoms with E-state index in [0.717, 1.165) is 200 Å². The molecule has 0 amide bonds. The van der Waals surface area contributed by atoms with E-state index in [4.69, 9.17) is 19.9 Å². The summed E-state index contributed by atoms with van der Waals surface area (Å²) >= 11 is 0. The smallest absolute Gasteiger partial charge is 0.136 e. The molecule has 12 heterocycles. The molecule has 0 bridgehead atoms. The van der Waals surface area contributed by atoms with Gasteiger partial charge in [0.25, 0.3) is 0 Å². The summed E-state index contributed by atoms with van der Waals surface area (Å²) in [5.74, 6) is 4.07. The fourth-order valence-corrected chi connectivity index (χ4v) is 18.5. The predicted octanol–water partition coefficient (Wildman–Crippen LogP) is 29.2. The van der Waals surface area contributed by atoms with Gasteiger partial charge in [0.15, 0.2) is 0 Å². The third-order valence-corrected chi connectivity index (χ3v) is 25.3. The zero-order valence-electron chi connectivity index (χ0n) is 79.3. The Morgan fingerprint density at radius 1 is 0.238 bits per heavy atom. The Morgan fingerprint density at radius 3 is 0.874 bits per heavy atom. The van der Waals surface area contributed by atoms with Crippen molar-refractivity contribution in [3.63, 3.8) is 0 Å². The summed E-state index contributed by atoms with van der Waals surface area (Å²) in [6, 6.07) is 133. The second-order valence-corrected chi connectivity index (χ2v) is 36.8. The number of phenolic OH excluding ortho intramolecular Hbond substituents is 4. The standard InChI is InChI=1S/C36H34N3O.C30H22N3O.C29H20N3O.C28H18N3O.4Pt/c1-35(2,3)24-21-27(34(40)28(22-24)36(4,5)6)30-14-11-16-33(38-30)39-31-15-8-7-12-25(31)26-18-17-23(20-32(26)39)29-13-9-10-19-37-29;1-19-16-20(2)30(34)24(17-19)26-10-7-12-29(32-26)33-27-11-4-3-8-22(27)23-14-13-21(18-28(23)33)25-9-5-6-15-31-25;1-19-15-16-30-25(17-19)20-13-14-22-21-7-2-4-10-26(21)32(27(22)18-20)29-12-6-9-24(31-29)23-8-3-5-11-28(23)33;32-27-13-4-2-9-22(27)24-11-7-14-28(30-24)31-25-12-3-1-8-20(25)21-16-15-19(18-26(21)31)23-10-5-6-17-29-23;;;;/h7-19,21-22,40H,1-6H3;3-17,34H,1-2H3;2-17,33H,1H3;1-17,32H;;;;/q4*-1;;;;. The molecule has 24 rings (SSSR count). The van der Waals surface area contributed by atoms with Crippen LogP contribution >= 0.6 is 0 Å². The molecule has 0 aliphatic heterocycles. The van der Waals surface area contributed by atoms with Crippen LogP contribution < -0.4 is 0 Å². The maximum atomic E-state index is 11.5. The molecule has 0 spiro atoms. The van der Waals surface area contributed by atoms with E-state index in [0.29, 0.717) is 22.5 Å². The van der Waals surface area contributed by atoms with Crippen LogP contribution in [0.3, 0.4) is 0 Å². The van der Waals surface area contributed by atoms with Crippen molar-refractivity contribution in [1.82, 2.24) is 58.1 Å². The van der Waals surface area contributed by atoms with Gasteiger partial charge >= 0.3 is 0 Å². The first kappa shape index (κ1) is 99.6. The molecule has 0 atom stereocenters. The number of phenols is 4. The van der Waals surface area contributed by atoms with Crippen LogP contribution in [0.2, 0.25) is 0 Å². The van der Waals surface area contributed by atoms with Gasteiger partial charge in [0.2, 0.25) is 0 Å². The first-order valence-electron chi connectivity index (χ1n) is 46.3. The number of aromatic nitrogens is 12. The van der Waals surface area contributed by atoms with Crippen LogP contribution in [0.1, 0.15) is 69.4 Å². The summed E-state index contributed by atoms with van der Waals surface area (Å²) in [7, 11) is 0. The van der Waals surface area contributed by atoms with Crippen molar-refractivity contribution in [3.8, 4) is 136 Å². The van der Waals surface area contributed by atoms with Crippen molar-refractivity contribution < 1.29 is 105 Å². The van der Waals surface area contributed by atoms with Crippen LogP contribution in [0.25, 0.3) is 201 Å². The van der Waals surface area contributed by atoms with E-state index < -0.39 is 0 Å². The van der Waals surface area contributed by atoms with Gasteiger partial charge in [-0.25, -0.2) is 19.9 Å². The monoisotopic (exact) mass is 2580 g/mol. The summed E-state index contributed by atoms with van der Waals surface area (Å²) in [4.78, 5) is 38.1. The second-order valence-electron chi connectivity index (χ2n) is 36.8. The van der Waals surface area contributed by atoms with Crippen molar-refractivity contribution in [3.05, 3.63) is 435 Å². The summed E-state index contributed by atoms with van der Waals surface area (Å²) in [5.41, 5.74) is 25.9. The number of benzene rings is 12. The Kier molecular flexibility index (Phi) is 29.3. The van der Waals surface area contributed by atoms with Crippen molar-refractivity contribution in [2.75, 3.05) is 0 Å². The molecular formula is C123H94N12O4Pt4-4. The van der Waals surface area contributed by atoms with Crippen molar-refractivity contribution >= 4 is 87.2 Å². The summed E-state index contributed by atoms with van der Waals surface area (Å²) < 4.78 is 8.56. The van der Waals surface area contributed by atoms with Crippen LogP contribution in [0, 0.1) is 45.0 Å². The molecule has 0 unspecified atom stereocenters. The molecule has 0 aliphatic carbocycles. The summed E-state index contributed by atoms with van der Waals surface area (Å²) in [5, 5.41) is 52.0. The predicted molar refractivity (Wildman–Crippen MR) is 563 cm³/mol. The first-order valence-corrected chi connectivity index (χ1v) is 46.3. The number of aromatic hydroxyl groups is 4. The zero-order chi connectivity index (χ0) is 95.3. The molecule has 4 N–H and O–H groups in total. The molecule has 0 saturated carbocycles. The Balaban J connectivity index is 0.000000130. The topological polar surface area (TPSA) is 204 Å². The van der Waals surface area contributed by atoms with Gasteiger partial charge in [0, 0.05) is 159 Å². The Bertz CT molecular complexity index is 8860. The Labute approximate surface area is 886 Å².